The van der Waals surface area contributed by atoms with Crippen molar-refractivity contribution in [2.24, 2.45) is 5.73 Å². The Kier molecular flexibility index (Phi) is 3.53. The number of rotatable bonds is 2. The summed E-state index contributed by atoms with van der Waals surface area (Å²) in [5.41, 5.74) is 6.85. The maximum absolute atomic E-state index is 5.39. The van der Waals surface area contributed by atoms with Gasteiger partial charge in [-0.25, -0.2) is 0 Å². The first-order valence-electron chi connectivity index (χ1n) is 4.45. The van der Waals surface area contributed by atoms with Gasteiger partial charge in [0, 0.05) is 6.04 Å². The molecule has 1 rings (SSSR count). The molecule has 0 aliphatic heterocycles. The molecule has 12 heavy (non-hydrogen) atoms. The Morgan fingerprint density at radius 2 is 2.42 bits per heavy atom. The number of thiocarbonyl (C=S) groups is 1. The average Bonchev–Trinajstić information content (AvgIpc) is 2.05. The maximum Gasteiger partial charge on any atom is 0.164 e. The molecule has 0 saturated carbocycles. The minimum atomic E-state index is 0.322. The smallest absolute Gasteiger partial charge is 0.164 e. The van der Waals surface area contributed by atoms with Gasteiger partial charge in [-0.15, -0.1) is 0 Å². The van der Waals surface area contributed by atoms with Crippen molar-refractivity contribution in [2.75, 3.05) is 0 Å². The predicted octanol–water partition coefficient (Wildman–Crippen LogP) is 1.71. The van der Waals surface area contributed by atoms with E-state index in [1.807, 2.05) is 0 Å². The lowest BCUT2D eigenvalue weighted by molar-refractivity contribution is 0.629. The number of nitrogens with two attached hydrogens (primary N) is 1. The second-order valence-electron chi connectivity index (χ2n) is 3.26. The molecule has 1 atom stereocenters. The monoisotopic (exact) mass is 184 g/mol. The van der Waals surface area contributed by atoms with E-state index in [9.17, 15) is 0 Å². The molecule has 0 heterocycles. The zero-order valence-corrected chi connectivity index (χ0v) is 8.29. The van der Waals surface area contributed by atoms with Crippen LogP contribution in [0.5, 0.6) is 0 Å². The molecule has 0 aromatic carbocycles. The zero-order chi connectivity index (χ0) is 8.97. The highest BCUT2D eigenvalue weighted by Crippen LogP contribution is 2.19. The fraction of sp³-hybridized carbons (Fsp3) is 0.667. The molecule has 0 aromatic heterocycles. The van der Waals surface area contributed by atoms with Crippen molar-refractivity contribution >= 4 is 17.3 Å². The molecule has 3 N–H and O–H groups in total. The lowest BCUT2D eigenvalue weighted by Crippen LogP contribution is -2.37. The second-order valence-corrected chi connectivity index (χ2v) is 3.69. The normalized spacial score (nSPS) is 19.6. The Balaban J connectivity index is 2.44. The van der Waals surface area contributed by atoms with Crippen LogP contribution in [0.4, 0.5) is 0 Å². The van der Waals surface area contributed by atoms with Crippen molar-refractivity contribution in [3.63, 3.8) is 0 Å². The average molecular weight is 184 g/mol. The van der Waals surface area contributed by atoms with Gasteiger partial charge in [-0.05, 0) is 44.8 Å². The highest BCUT2D eigenvalue weighted by Gasteiger charge is 2.10. The number of nitrogens with one attached hydrogen (secondary N) is 1. The van der Waals surface area contributed by atoms with Crippen molar-refractivity contribution in [3.8, 4) is 0 Å². The summed E-state index contributed by atoms with van der Waals surface area (Å²) in [7, 11) is 0. The second kappa shape index (κ2) is 4.45. The van der Waals surface area contributed by atoms with Gasteiger partial charge in [0.25, 0.3) is 0 Å². The summed E-state index contributed by atoms with van der Waals surface area (Å²) in [5, 5.41) is 3.45. The summed E-state index contributed by atoms with van der Waals surface area (Å²) < 4.78 is 0. The standard InChI is InChI=1S/C9H16N2S/c1-7(11-9(10)12)8-5-3-2-4-6-8/h5,7H,2-4,6H2,1H3,(H3,10,11,12). The number of hydrogen-bond donors (Lipinski definition) is 2. The van der Waals surface area contributed by atoms with Crippen molar-refractivity contribution in [2.45, 2.75) is 38.6 Å². The Hall–Kier alpha value is -0.570. The molecular weight excluding hydrogens is 168 g/mol. The van der Waals surface area contributed by atoms with Gasteiger partial charge in [0.1, 0.15) is 0 Å². The van der Waals surface area contributed by atoms with Gasteiger partial charge in [0.15, 0.2) is 5.11 Å². The van der Waals surface area contributed by atoms with Crippen LogP contribution in [-0.4, -0.2) is 11.2 Å². The molecular formula is C9H16N2S. The van der Waals surface area contributed by atoms with Crippen molar-refractivity contribution in [1.29, 1.82) is 0 Å². The van der Waals surface area contributed by atoms with E-state index >= 15 is 0 Å². The van der Waals surface area contributed by atoms with Gasteiger partial charge in [-0.3, -0.25) is 0 Å². The summed E-state index contributed by atoms with van der Waals surface area (Å²) >= 11 is 4.78. The Bertz CT molecular complexity index is 199. The lowest BCUT2D eigenvalue weighted by Gasteiger charge is -2.20. The van der Waals surface area contributed by atoms with Crippen LogP contribution in [0, 0.1) is 0 Å². The van der Waals surface area contributed by atoms with Gasteiger partial charge < -0.3 is 11.1 Å². The molecule has 0 amide bonds. The Morgan fingerprint density at radius 1 is 1.67 bits per heavy atom. The minimum absolute atomic E-state index is 0.322. The molecule has 0 spiro atoms. The number of hydrogen-bond acceptors (Lipinski definition) is 1. The van der Waals surface area contributed by atoms with E-state index in [1.54, 1.807) is 0 Å². The van der Waals surface area contributed by atoms with Crippen LogP contribution < -0.4 is 11.1 Å². The molecule has 0 aromatic rings. The van der Waals surface area contributed by atoms with Gasteiger partial charge in [-0.1, -0.05) is 11.6 Å². The molecule has 0 saturated heterocycles. The Labute approximate surface area is 79.2 Å². The predicted molar refractivity (Wildman–Crippen MR) is 55.9 cm³/mol. The van der Waals surface area contributed by atoms with E-state index < -0.39 is 0 Å². The van der Waals surface area contributed by atoms with Crippen LogP contribution in [-0.2, 0) is 0 Å². The molecule has 1 aliphatic rings. The first kappa shape index (κ1) is 9.52. The molecule has 3 heteroatoms. The first-order chi connectivity index (χ1) is 5.70. The van der Waals surface area contributed by atoms with Gasteiger partial charge in [0.2, 0.25) is 0 Å². The Morgan fingerprint density at radius 3 is 2.92 bits per heavy atom. The van der Waals surface area contributed by atoms with E-state index in [4.69, 9.17) is 18.0 Å². The fourth-order valence-corrected chi connectivity index (χ4v) is 1.74. The van der Waals surface area contributed by atoms with E-state index in [1.165, 1.54) is 31.3 Å². The largest absolute Gasteiger partial charge is 0.376 e. The van der Waals surface area contributed by atoms with Crippen LogP contribution in [0.15, 0.2) is 11.6 Å². The van der Waals surface area contributed by atoms with Crippen molar-refractivity contribution in [1.82, 2.24) is 5.32 Å². The summed E-state index contributed by atoms with van der Waals surface area (Å²) in [6, 6.07) is 0.322. The van der Waals surface area contributed by atoms with Crippen molar-refractivity contribution < 1.29 is 0 Å². The van der Waals surface area contributed by atoms with Crippen LogP contribution in [0.3, 0.4) is 0 Å². The lowest BCUT2D eigenvalue weighted by atomic mass is 9.95. The van der Waals surface area contributed by atoms with E-state index in [2.05, 4.69) is 18.3 Å². The highest BCUT2D eigenvalue weighted by atomic mass is 32.1. The minimum Gasteiger partial charge on any atom is -0.376 e. The third-order valence-electron chi connectivity index (χ3n) is 2.24. The molecule has 2 nitrogen and oxygen atoms in total. The van der Waals surface area contributed by atoms with Crippen LogP contribution in [0.2, 0.25) is 0 Å². The molecule has 0 fully saturated rings. The third-order valence-corrected chi connectivity index (χ3v) is 2.36. The SMILES string of the molecule is CC(NC(N)=S)C1=CCCCC1. The highest BCUT2D eigenvalue weighted by molar-refractivity contribution is 7.80. The first-order valence-corrected chi connectivity index (χ1v) is 4.86. The molecule has 1 unspecified atom stereocenters. The van der Waals surface area contributed by atoms with E-state index in [-0.39, 0.29) is 0 Å². The maximum atomic E-state index is 5.39. The van der Waals surface area contributed by atoms with Crippen LogP contribution >= 0.6 is 12.2 Å². The molecule has 0 bridgehead atoms. The number of allylic oxidation sites excluding steroid dienone is 1. The molecule has 68 valence electrons. The summed E-state index contributed by atoms with van der Waals surface area (Å²) in [4.78, 5) is 0. The third kappa shape index (κ3) is 2.81. The summed E-state index contributed by atoms with van der Waals surface area (Å²) in [6.45, 7) is 2.11. The van der Waals surface area contributed by atoms with Crippen LogP contribution in [0.25, 0.3) is 0 Å². The summed E-state index contributed by atoms with van der Waals surface area (Å²) in [6.07, 6.45) is 7.33. The van der Waals surface area contributed by atoms with Gasteiger partial charge >= 0.3 is 0 Å². The van der Waals surface area contributed by atoms with Gasteiger partial charge in [-0.2, -0.15) is 0 Å². The van der Waals surface area contributed by atoms with Gasteiger partial charge in [0.05, 0.1) is 0 Å². The summed E-state index contributed by atoms with van der Waals surface area (Å²) in [5.74, 6) is 0. The van der Waals surface area contributed by atoms with E-state index in [0.717, 1.165) is 0 Å². The van der Waals surface area contributed by atoms with E-state index in [0.29, 0.717) is 11.2 Å². The quantitative estimate of drug-likeness (QED) is 0.507. The zero-order valence-electron chi connectivity index (χ0n) is 7.47. The topological polar surface area (TPSA) is 38.0 Å². The van der Waals surface area contributed by atoms with Crippen molar-refractivity contribution in [3.05, 3.63) is 11.6 Å². The fourth-order valence-electron chi connectivity index (χ4n) is 1.56. The van der Waals surface area contributed by atoms with Crippen LogP contribution in [0.1, 0.15) is 32.6 Å². The molecule has 0 radical (unpaired) electrons. The molecule has 1 aliphatic carbocycles.